The third-order valence-corrected chi connectivity index (χ3v) is 5.57. The number of para-hydroxylation sites is 2. The summed E-state index contributed by atoms with van der Waals surface area (Å²) >= 11 is 0. The molecule has 29 heavy (non-hydrogen) atoms. The number of hydrogen-bond donors (Lipinski definition) is 3. The Kier molecular flexibility index (Phi) is 5.35. The first-order valence-corrected chi connectivity index (χ1v) is 9.82. The maximum atomic E-state index is 12.6. The molecule has 2 aromatic heterocycles. The zero-order chi connectivity index (χ0) is 20.4. The highest BCUT2D eigenvalue weighted by molar-refractivity contribution is 5.92. The number of rotatable bonds is 5. The van der Waals surface area contributed by atoms with Crippen molar-refractivity contribution in [1.29, 1.82) is 0 Å². The number of aromatic nitrogens is 2. The van der Waals surface area contributed by atoms with Gasteiger partial charge in [0.1, 0.15) is 11.6 Å². The molecule has 1 aliphatic rings. The highest BCUT2D eigenvalue weighted by atomic mass is 16.5. The normalized spacial score (nSPS) is 19.2. The third kappa shape index (κ3) is 3.88. The van der Waals surface area contributed by atoms with E-state index < -0.39 is 11.8 Å². The molecule has 3 aromatic rings. The number of aryl methyl sites for hydroxylation is 1. The van der Waals surface area contributed by atoms with Crippen molar-refractivity contribution in [2.75, 3.05) is 0 Å². The highest BCUT2D eigenvalue weighted by Crippen LogP contribution is 2.25. The predicted molar refractivity (Wildman–Crippen MR) is 105 cm³/mol. The molecule has 1 aromatic carbocycles. The molecular weight excluding hydrogens is 372 g/mol. The van der Waals surface area contributed by atoms with E-state index in [0.29, 0.717) is 25.1 Å². The fourth-order valence-corrected chi connectivity index (χ4v) is 4.08. The van der Waals surface area contributed by atoms with Crippen LogP contribution >= 0.6 is 0 Å². The molecule has 152 valence electrons. The minimum absolute atomic E-state index is 0.204. The minimum atomic E-state index is -0.461. The zero-order valence-electron chi connectivity index (χ0n) is 16.2. The van der Waals surface area contributed by atoms with Crippen LogP contribution in [-0.4, -0.2) is 32.6 Å². The van der Waals surface area contributed by atoms with Gasteiger partial charge in [-0.05, 0) is 44.0 Å². The summed E-state index contributed by atoms with van der Waals surface area (Å²) in [5, 5.41) is 11.8. The maximum absolute atomic E-state index is 12.6. The number of nitrogens with one attached hydrogen (secondary N) is 2. The van der Waals surface area contributed by atoms with Crippen LogP contribution in [-0.2, 0) is 11.3 Å². The quantitative estimate of drug-likeness (QED) is 0.454. The number of amides is 2. The first kappa shape index (κ1) is 19.2. The predicted octanol–water partition coefficient (Wildman–Crippen LogP) is 2.78. The summed E-state index contributed by atoms with van der Waals surface area (Å²) in [5.74, 6) is 0.468. The number of imidazole rings is 1. The number of hydrogen-bond acceptors (Lipinski definition) is 5. The van der Waals surface area contributed by atoms with Gasteiger partial charge in [0.15, 0.2) is 5.76 Å². The Morgan fingerprint density at radius 3 is 2.83 bits per heavy atom. The summed E-state index contributed by atoms with van der Waals surface area (Å²) < 4.78 is 7.82. The van der Waals surface area contributed by atoms with Crippen molar-refractivity contribution < 1.29 is 19.2 Å². The van der Waals surface area contributed by atoms with Gasteiger partial charge in [0, 0.05) is 6.04 Å². The fourth-order valence-electron chi connectivity index (χ4n) is 4.08. The lowest BCUT2D eigenvalue weighted by molar-refractivity contribution is -0.135. The molecule has 0 unspecified atom stereocenters. The number of carbonyl (C=O) groups excluding carboxylic acids is 2. The van der Waals surface area contributed by atoms with Crippen LogP contribution in [0.1, 0.15) is 47.8 Å². The van der Waals surface area contributed by atoms with Crippen molar-refractivity contribution in [3.05, 3.63) is 53.7 Å². The van der Waals surface area contributed by atoms with E-state index in [-0.39, 0.29) is 17.7 Å². The van der Waals surface area contributed by atoms with Crippen molar-refractivity contribution >= 4 is 22.8 Å². The summed E-state index contributed by atoms with van der Waals surface area (Å²) in [6.07, 6.45) is 3.15. The van der Waals surface area contributed by atoms with Gasteiger partial charge in [0.2, 0.25) is 5.91 Å². The number of nitrogens with zero attached hydrogens (tertiary/aromatic N) is 2. The fraction of sp³-hybridized carbons (Fsp3) is 0.381. The first-order chi connectivity index (χ1) is 14.1. The Labute approximate surface area is 167 Å². The number of fused-ring (bicyclic) bond motifs is 1. The van der Waals surface area contributed by atoms with E-state index in [4.69, 9.17) is 9.62 Å². The van der Waals surface area contributed by atoms with E-state index in [1.165, 1.54) is 0 Å². The lowest BCUT2D eigenvalue weighted by Crippen LogP contribution is -2.47. The van der Waals surface area contributed by atoms with Crippen LogP contribution in [0.3, 0.4) is 0 Å². The Balaban J connectivity index is 1.47. The molecule has 1 aliphatic carbocycles. The summed E-state index contributed by atoms with van der Waals surface area (Å²) in [7, 11) is 0. The second-order valence-corrected chi connectivity index (χ2v) is 7.45. The number of benzene rings is 1. The molecule has 0 spiro atoms. The third-order valence-electron chi connectivity index (χ3n) is 5.57. The zero-order valence-corrected chi connectivity index (χ0v) is 16.2. The highest BCUT2D eigenvalue weighted by Gasteiger charge is 2.32. The largest absolute Gasteiger partial charge is 0.454 e. The van der Waals surface area contributed by atoms with Crippen LogP contribution in [0.15, 0.2) is 40.8 Å². The standard InChI is InChI=1S/C21H24N4O4/c1-13-22-17-8-4-5-9-18(17)25(13)12-14-10-11-19(29-14)21(27)23-16-7-3-2-6-15(16)20(26)24-28/h4-5,8-11,15-16,28H,2-3,6-7,12H2,1H3,(H,23,27)(H,24,26)/t15-,16+/m0/s1. The van der Waals surface area contributed by atoms with Gasteiger partial charge in [-0.25, -0.2) is 10.5 Å². The average Bonchev–Trinajstić information content (AvgIpc) is 3.33. The van der Waals surface area contributed by atoms with Crippen LogP contribution in [0, 0.1) is 12.8 Å². The Morgan fingerprint density at radius 2 is 2.00 bits per heavy atom. The van der Waals surface area contributed by atoms with E-state index in [9.17, 15) is 9.59 Å². The van der Waals surface area contributed by atoms with Crippen molar-refractivity contribution in [2.24, 2.45) is 5.92 Å². The van der Waals surface area contributed by atoms with Gasteiger partial charge >= 0.3 is 0 Å². The lowest BCUT2D eigenvalue weighted by Gasteiger charge is -2.30. The molecule has 1 fully saturated rings. The van der Waals surface area contributed by atoms with Gasteiger partial charge in [-0.1, -0.05) is 25.0 Å². The second kappa shape index (κ2) is 8.08. The van der Waals surface area contributed by atoms with Gasteiger partial charge in [0.25, 0.3) is 5.91 Å². The van der Waals surface area contributed by atoms with Crippen LogP contribution in [0.2, 0.25) is 0 Å². The number of carbonyl (C=O) groups is 2. The van der Waals surface area contributed by atoms with Crippen LogP contribution in [0.5, 0.6) is 0 Å². The lowest BCUT2D eigenvalue weighted by atomic mass is 9.84. The minimum Gasteiger partial charge on any atom is -0.454 e. The van der Waals surface area contributed by atoms with Crippen LogP contribution in [0.4, 0.5) is 0 Å². The van der Waals surface area contributed by atoms with Gasteiger partial charge in [-0.3, -0.25) is 14.8 Å². The molecular formula is C21H24N4O4. The smallest absolute Gasteiger partial charge is 0.287 e. The van der Waals surface area contributed by atoms with E-state index in [2.05, 4.69) is 10.3 Å². The maximum Gasteiger partial charge on any atom is 0.287 e. The molecule has 1 saturated carbocycles. The molecule has 4 rings (SSSR count). The first-order valence-electron chi connectivity index (χ1n) is 9.82. The van der Waals surface area contributed by atoms with Crippen LogP contribution < -0.4 is 10.8 Å². The molecule has 8 nitrogen and oxygen atoms in total. The number of hydroxylamine groups is 1. The van der Waals surface area contributed by atoms with Gasteiger partial charge in [0.05, 0.1) is 23.5 Å². The number of furan rings is 1. The molecule has 0 aliphatic heterocycles. The van der Waals surface area contributed by atoms with Crippen molar-refractivity contribution in [3.63, 3.8) is 0 Å². The molecule has 2 amide bonds. The Hall–Kier alpha value is -3.13. The summed E-state index contributed by atoms with van der Waals surface area (Å²) in [6.45, 7) is 2.41. The molecule has 0 bridgehead atoms. The van der Waals surface area contributed by atoms with E-state index in [1.807, 2.05) is 35.8 Å². The topological polar surface area (TPSA) is 109 Å². The van der Waals surface area contributed by atoms with E-state index >= 15 is 0 Å². The average molecular weight is 396 g/mol. The Morgan fingerprint density at radius 1 is 1.21 bits per heavy atom. The van der Waals surface area contributed by atoms with Gasteiger partial charge in [-0.15, -0.1) is 0 Å². The summed E-state index contributed by atoms with van der Waals surface area (Å²) in [5.41, 5.74) is 3.63. The monoisotopic (exact) mass is 396 g/mol. The SMILES string of the molecule is Cc1nc2ccccc2n1Cc1ccc(C(=O)N[C@@H]2CCCC[C@@H]2C(=O)NO)o1. The molecule has 2 heterocycles. The van der Waals surface area contributed by atoms with Crippen LogP contribution in [0.25, 0.3) is 11.0 Å². The molecule has 2 atom stereocenters. The Bertz CT molecular complexity index is 1040. The molecule has 3 N–H and O–H groups in total. The van der Waals surface area contributed by atoms with Gasteiger partial charge < -0.3 is 14.3 Å². The summed E-state index contributed by atoms with van der Waals surface area (Å²) in [6, 6.07) is 11.0. The van der Waals surface area contributed by atoms with E-state index in [1.54, 1.807) is 17.6 Å². The van der Waals surface area contributed by atoms with Crippen molar-refractivity contribution in [2.45, 2.75) is 45.2 Å². The van der Waals surface area contributed by atoms with E-state index in [0.717, 1.165) is 29.7 Å². The molecule has 0 saturated heterocycles. The van der Waals surface area contributed by atoms with Gasteiger partial charge in [-0.2, -0.15) is 0 Å². The molecule has 0 radical (unpaired) electrons. The van der Waals surface area contributed by atoms with Crippen molar-refractivity contribution in [3.8, 4) is 0 Å². The molecule has 8 heteroatoms. The second-order valence-electron chi connectivity index (χ2n) is 7.45. The summed E-state index contributed by atoms with van der Waals surface area (Å²) in [4.78, 5) is 29.1. The van der Waals surface area contributed by atoms with Crippen molar-refractivity contribution in [1.82, 2.24) is 20.3 Å².